The van der Waals surface area contributed by atoms with Gasteiger partial charge >= 0.3 is 0 Å². The van der Waals surface area contributed by atoms with Crippen molar-refractivity contribution in [3.63, 3.8) is 0 Å². The summed E-state index contributed by atoms with van der Waals surface area (Å²) in [6.45, 7) is 4.84. The van der Waals surface area contributed by atoms with Crippen molar-refractivity contribution in [1.29, 1.82) is 0 Å². The highest BCUT2D eigenvalue weighted by Crippen LogP contribution is 2.62. The topological polar surface area (TPSA) is 6.48 Å². The van der Waals surface area contributed by atoms with Crippen LogP contribution in [-0.2, 0) is 0 Å². The Morgan fingerprint density at radius 1 is 0.567 bits per heavy atom. The Morgan fingerprint density at radius 3 is 1.43 bits per heavy atom. The molecule has 2 saturated heterocycles. The fourth-order valence-electron chi connectivity index (χ4n) is 5.35. The largest absolute Gasteiger partial charge is 1.00 e. The average Bonchev–Trinajstić information content (AvgIpc) is 3.49. The maximum Gasteiger partial charge on any atom is 0.116 e. The molecule has 1 atom stereocenters. The summed E-state index contributed by atoms with van der Waals surface area (Å²) in [6.07, 6.45) is 3.96. The molecule has 3 aromatic carbocycles. The lowest BCUT2D eigenvalue weighted by Gasteiger charge is -2.34. The Hall–Kier alpha value is -1.51. The van der Waals surface area contributed by atoms with E-state index in [-0.39, 0.29) is 17.0 Å². The van der Waals surface area contributed by atoms with Crippen LogP contribution >= 0.6 is 7.26 Å². The van der Waals surface area contributed by atoms with Crippen LogP contribution in [0.1, 0.15) is 19.3 Å². The first kappa shape index (κ1) is 21.7. The molecule has 0 bridgehead atoms. The zero-order valence-corrected chi connectivity index (χ0v) is 19.9. The van der Waals surface area contributed by atoms with Crippen LogP contribution in [0.15, 0.2) is 91.0 Å². The number of hydrogen-bond donors (Lipinski definition) is 0. The van der Waals surface area contributed by atoms with Crippen molar-refractivity contribution in [3.8, 4) is 0 Å². The fourth-order valence-corrected chi connectivity index (χ4v) is 10.4. The van der Waals surface area contributed by atoms with Crippen LogP contribution in [0.4, 0.5) is 0 Å². The van der Waals surface area contributed by atoms with Gasteiger partial charge in [-0.2, -0.15) is 0 Å². The summed E-state index contributed by atoms with van der Waals surface area (Å²) in [6, 6.07) is 34.1. The molecule has 2 aliphatic rings. The zero-order chi connectivity index (χ0) is 19.5. The Bertz CT molecular complexity index is 817. The van der Waals surface area contributed by atoms with Crippen LogP contribution in [0, 0.1) is 0 Å². The van der Waals surface area contributed by atoms with E-state index < -0.39 is 7.26 Å². The molecule has 0 saturated carbocycles. The van der Waals surface area contributed by atoms with E-state index in [9.17, 15) is 0 Å². The average molecular weight is 481 g/mol. The predicted molar refractivity (Wildman–Crippen MR) is 126 cm³/mol. The van der Waals surface area contributed by atoms with E-state index in [4.69, 9.17) is 0 Å². The number of rotatable bonds is 5. The van der Waals surface area contributed by atoms with Crippen molar-refractivity contribution >= 4 is 23.2 Å². The molecule has 0 spiro atoms. The van der Waals surface area contributed by atoms with Crippen LogP contribution in [-0.4, -0.2) is 41.9 Å². The van der Waals surface area contributed by atoms with Gasteiger partial charge in [0.1, 0.15) is 23.2 Å². The van der Waals surface area contributed by atoms with E-state index in [1.165, 1.54) is 61.4 Å². The maximum absolute atomic E-state index is 2.67. The molecule has 3 aromatic rings. The predicted octanol–water partition coefficient (Wildman–Crippen LogP) is 1.07. The smallest absolute Gasteiger partial charge is 0.116 e. The molecule has 30 heavy (non-hydrogen) atoms. The highest BCUT2D eigenvalue weighted by Gasteiger charge is 2.54. The minimum Gasteiger partial charge on any atom is -1.00 e. The van der Waals surface area contributed by atoms with Crippen molar-refractivity contribution in [2.75, 3.05) is 26.2 Å². The van der Waals surface area contributed by atoms with Gasteiger partial charge in [0.05, 0.1) is 12.2 Å². The second-order valence-electron chi connectivity index (χ2n) is 8.25. The first-order chi connectivity index (χ1) is 14.4. The van der Waals surface area contributed by atoms with Gasteiger partial charge in [-0.25, -0.2) is 10.0 Å². The van der Waals surface area contributed by atoms with Crippen molar-refractivity contribution in [2.45, 2.75) is 24.9 Å². The standard InChI is InChI=1S/C26H30N2P.BrH/c1-4-12-23(13-5-1)29(24-14-6-2-7-15-24,25-16-8-3-9-17-25)26-18-21-28(22-26)27-19-10-11-20-27;/h1-9,12-17,26H,10-11,18-22H2;1H/q+1;/p-1. The van der Waals surface area contributed by atoms with E-state index in [0.717, 1.165) is 0 Å². The van der Waals surface area contributed by atoms with Gasteiger partial charge in [0.25, 0.3) is 0 Å². The van der Waals surface area contributed by atoms with Crippen LogP contribution in [0.25, 0.3) is 0 Å². The molecular formula is C26H30BrN2P. The fraction of sp³-hybridized carbons (Fsp3) is 0.308. The van der Waals surface area contributed by atoms with Crippen molar-refractivity contribution in [2.24, 2.45) is 0 Å². The summed E-state index contributed by atoms with van der Waals surface area (Å²) in [5.41, 5.74) is 0.648. The van der Waals surface area contributed by atoms with E-state index >= 15 is 0 Å². The summed E-state index contributed by atoms with van der Waals surface area (Å²) < 4.78 is 0. The van der Waals surface area contributed by atoms with Gasteiger partial charge < -0.3 is 17.0 Å². The van der Waals surface area contributed by atoms with Gasteiger partial charge in [-0.3, -0.25) is 0 Å². The van der Waals surface area contributed by atoms with Crippen LogP contribution in [0.2, 0.25) is 0 Å². The van der Waals surface area contributed by atoms with Gasteiger partial charge in [-0.05, 0) is 49.2 Å². The van der Waals surface area contributed by atoms with Crippen LogP contribution in [0.5, 0.6) is 0 Å². The lowest BCUT2D eigenvalue weighted by Crippen LogP contribution is -3.00. The summed E-state index contributed by atoms with van der Waals surface area (Å²) in [5.74, 6) is 0. The van der Waals surface area contributed by atoms with Crippen LogP contribution < -0.4 is 32.9 Å². The molecule has 2 aliphatic heterocycles. The second kappa shape index (κ2) is 9.75. The number of nitrogens with zero attached hydrogens (tertiary/aromatic N) is 2. The van der Waals surface area contributed by atoms with Crippen molar-refractivity contribution in [1.82, 2.24) is 10.0 Å². The summed E-state index contributed by atoms with van der Waals surface area (Å²) in [7, 11) is -1.75. The molecule has 0 amide bonds. The minimum atomic E-state index is -1.75. The molecule has 2 fully saturated rings. The molecule has 4 heteroatoms. The van der Waals surface area contributed by atoms with Crippen molar-refractivity contribution in [3.05, 3.63) is 91.0 Å². The highest BCUT2D eigenvalue weighted by molar-refractivity contribution is 7.96. The molecule has 2 heterocycles. The lowest BCUT2D eigenvalue weighted by atomic mass is 10.3. The first-order valence-electron chi connectivity index (χ1n) is 10.9. The number of benzene rings is 3. The summed E-state index contributed by atoms with van der Waals surface area (Å²) >= 11 is 0. The summed E-state index contributed by atoms with van der Waals surface area (Å²) in [5, 5.41) is 9.85. The molecule has 2 nitrogen and oxygen atoms in total. The second-order valence-corrected chi connectivity index (χ2v) is 12.0. The molecule has 0 aliphatic carbocycles. The molecule has 1 unspecified atom stereocenters. The third-order valence-electron chi connectivity index (χ3n) is 6.66. The van der Waals surface area contributed by atoms with Crippen molar-refractivity contribution < 1.29 is 17.0 Å². The monoisotopic (exact) mass is 480 g/mol. The Balaban J connectivity index is 0.00000218. The van der Waals surface area contributed by atoms with E-state index in [0.29, 0.717) is 5.66 Å². The van der Waals surface area contributed by atoms with Gasteiger partial charge in [-0.15, -0.1) is 0 Å². The van der Waals surface area contributed by atoms with Gasteiger partial charge in [0.2, 0.25) is 0 Å². The third-order valence-corrected chi connectivity index (χ3v) is 11.5. The number of halogens is 1. The molecule has 0 radical (unpaired) electrons. The molecule has 0 aromatic heterocycles. The van der Waals surface area contributed by atoms with E-state index in [1.54, 1.807) is 0 Å². The molecule has 0 N–H and O–H groups in total. The zero-order valence-electron chi connectivity index (χ0n) is 17.4. The molecular weight excluding hydrogens is 451 g/mol. The number of hydrogen-bond acceptors (Lipinski definition) is 2. The SMILES string of the molecule is [Br-].c1ccc([P+](c2ccccc2)(c2ccccc2)C2CCN(N3CCCC3)C2)cc1. The van der Waals surface area contributed by atoms with Gasteiger partial charge in [0, 0.05) is 26.1 Å². The quantitative estimate of drug-likeness (QED) is 0.504. The Morgan fingerprint density at radius 2 is 1.00 bits per heavy atom. The molecule has 156 valence electrons. The van der Waals surface area contributed by atoms with Gasteiger partial charge in [-0.1, -0.05) is 54.6 Å². The van der Waals surface area contributed by atoms with Crippen LogP contribution in [0.3, 0.4) is 0 Å². The normalized spacial score (nSPS) is 20.2. The van der Waals surface area contributed by atoms with Gasteiger partial charge in [0.15, 0.2) is 0 Å². The summed E-state index contributed by atoms with van der Waals surface area (Å²) in [4.78, 5) is 0. The first-order valence-corrected chi connectivity index (χ1v) is 12.8. The molecule has 5 rings (SSSR count). The van der Waals surface area contributed by atoms with E-state index in [2.05, 4.69) is 101 Å². The Labute approximate surface area is 192 Å². The number of hydrazine groups is 1. The van der Waals surface area contributed by atoms with E-state index in [1.807, 2.05) is 0 Å². The minimum absolute atomic E-state index is 0. The lowest BCUT2D eigenvalue weighted by molar-refractivity contribution is -0.00000567. The Kier molecular flexibility index (Phi) is 7.05. The highest BCUT2D eigenvalue weighted by atomic mass is 79.9. The maximum atomic E-state index is 2.67. The third kappa shape index (κ3) is 3.89.